The zero-order valence-electron chi connectivity index (χ0n) is 15.2. The zero-order valence-corrected chi connectivity index (χ0v) is 15.2. The minimum absolute atomic E-state index is 0.253. The van der Waals surface area contributed by atoms with Gasteiger partial charge in [-0.25, -0.2) is 0 Å². The van der Waals surface area contributed by atoms with Gasteiger partial charge in [0.05, 0.1) is 6.54 Å². The molecule has 1 saturated heterocycles. The molecule has 0 spiro atoms. The maximum absolute atomic E-state index is 10.2. The molecule has 24 heavy (non-hydrogen) atoms. The van der Waals surface area contributed by atoms with Crippen molar-refractivity contribution >= 4 is 5.96 Å². The van der Waals surface area contributed by atoms with Gasteiger partial charge in [0.25, 0.3) is 0 Å². The van der Waals surface area contributed by atoms with Crippen molar-refractivity contribution in [2.45, 2.75) is 39.7 Å². The van der Waals surface area contributed by atoms with Crippen LogP contribution in [0.25, 0.3) is 0 Å². The summed E-state index contributed by atoms with van der Waals surface area (Å²) in [4.78, 5) is 6.88. The van der Waals surface area contributed by atoms with E-state index in [0.717, 1.165) is 42.8 Å². The van der Waals surface area contributed by atoms with Gasteiger partial charge in [-0.05, 0) is 50.3 Å². The van der Waals surface area contributed by atoms with Crippen molar-refractivity contribution in [1.82, 2.24) is 10.2 Å². The first-order chi connectivity index (χ1) is 11.6. The van der Waals surface area contributed by atoms with Gasteiger partial charge in [0.15, 0.2) is 5.96 Å². The monoisotopic (exact) mass is 333 g/mol. The highest BCUT2D eigenvalue weighted by Gasteiger charge is 2.18. The smallest absolute Gasteiger partial charge is 0.194 e. The Hall–Kier alpha value is -1.75. The minimum Gasteiger partial charge on any atom is -0.491 e. The van der Waals surface area contributed by atoms with Crippen molar-refractivity contribution in [3.05, 3.63) is 29.8 Å². The number of piperidine rings is 1. The number of benzene rings is 1. The molecule has 1 fully saturated rings. The van der Waals surface area contributed by atoms with E-state index < -0.39 is 6.10 Å². The standard InChI is InChI=1S/C19H31N3O2/c1-4-20-19(22-10-8-15(2)9-11-22)21-13-17(23)14-24-18-7-5-6-16(3)12-18/h5-7,12,15,17,23H,4,8-11,13-14H2,1-3H3,(H,20,21). The Labute approximate surface area is 145 Å². The molecule has 0 aromatic heterocycles. The Balaban J connectivity index is 1.83. The molecule has 5 heteroatoms. The van der Waals surface area contributed by atoms with E-state index in [9.17, 15) is 5.11 Å². The number of aliphatic imine (C=N–C) groups is 1. The molecule has 1 aromatic carbocycles. The fraction of sp³-hybridized carbons (Fsp3) is 0.632. The third-order valence-electron chi connectivity index (χ3n) is 4.30. The molecule has 1 atom stereocenters. The van der Waals surface area contributed by atoms with Crippen molar-refractivity contribution in [3.8, 4) is 5.75 Å². The summed E-state index contributed by atoms with van der Waals surface area (Å²) >= 11 is 0. The third-order valence-corrected chi connectivity index (χ3v) is 4.30. The van der Waals surface area contributed by atoms with Gasteiger partial charge in [0, 0.05) is 19.6 Å². The van der Waals surface area contributed by atoms with E-state index in [1.54, 1.807) is 0 Å². The summed E-state index contributed by atoms with van der Waals surface area (Å²) in [5.41, 5.74) is 1.15. The molecule has 1 aromatic rings. The van der Waals surface area contributed by atoms with Crippen molar-refractivity contribution in [2.24, 2.45) is 10.9 Å². The molecule has 134 valence electrons. The highest BCUT2D eigenvalue weighted by Crippen LogP contribution is 2.16. The number of ether oxygens (including phenoxy) is 1. The quantitative estimate of drug-likeness (QED) is 0.620. The Morgan fingerprint density at radius 2 is 2.17 bits per heavy atom. The topological polar surface area (TPSA) is 57.1 Å². The second-order valence-electron chi connectivity index (χ2n) is 6.65. The number of nitrogens with one attached hydrogen (secondary N) is 1. The number of rotatable bonds is 6. The second kappa shape index (κ2) is 9.52. The van der Waals surface area contributed by atoms with Crippen LogP contribution in [0.1, 0.15) is 32.3 Å². The van der Waals surface area contributed by atoms with Gasteiger partial charge in [-0.2, -0.15) is 0 Å². The molecular weight excluding hydrogens is 302 g/mol. The number of likely N-dealkylation sites (tertiary alicyclic amines) is 1. The van der Waals surface area contributed by atoms with Crippen LogP contribution in [0.5, 0.6) is 5.75 Å². The number of aryl methyl sites for hydroxylation is 1. The van der Waals surface area contributed by atoms with E-state index in [-0.39, 0.29) is 6.61 Å². The lowest BCUT2D eigenvalue weighted by atomic mass is 10.00. The van der Waals surface area contributed by atoms with Gasteiger partial charge < -0.3 is 20.1 Å². The first-order valence-electron chi connectivity index (χ1n) is 8.99. The average Bonchev–Trinajstić information content (AvgIpc) is 2.58. The van der Waals surface area contributed by atoms with Gasteiger partial charge in [0.2, 0.25) is 0 Å². The van der Waals surface area contributed by atoms with Crippen LogP contribution in [0, 0.1) is 12.8 Å². The van der Waals surface area contributed by atoms with Crippen LogP contribution < -0.4 is 10.1 Å². The van der Waals surface area contributed by atoms with Crippen molar-refractivity contribution in [2.75, 3.05) is 32.8 Å². The Bertz CT molecular complexity index is 525. The molecule has 0 bridgehead atoms. The number of hydrogen-bond donors (Lipinski definition) is 2. The fourth-order valence-electron chi connectivity index (χ4n) is 2.79. The van der Waals surface area contributed by atoms with Gasteiger partial charge >= 0.3 is 0 Å². The van der Waals surface area contributed by atoms with Crippen LogP contribution in [0.15, 0.2) is 29.3 Å². The predicted octanol–water partition coefficient (Wildman–Crippen LogP) is 2.43. The van der Waals surface area contributed by atoms with E-state index in [1.165, 1.54) is 12.8 Å². The van der Waals surface area contributed by atoms with E-state index >= 15 is 0 Å². The minimum atomic E-state index is -0.608. The molecule has 0 saturated carbocycles. The first-order valence-corrected chi connectivity index (χ1v) is 8.99. The van der Waals surface area contributed by atoms with Crippen LogP contribution in [-0.4, -0.2) is 54.9 Å². The molecule has 0 aliphatic carbocycles. The van der Waals surface area contributed by atoms with Crippen LogP contribution in [0.4, 0.5) is 0 Å². The third kappa shape index (κ3) is 6.04. The van der Waals surface area contributed by atoms with Gasteiger partial charge in [-0.15, -0.1) is 0 Å². The molecule has 1 aliphatic rings. The predicted molar refractivity (Wildman–Crippen MR) is 98.6 cm³/mol. The van der Waals surface area contributed by atoms with Gasteiger partial charge in [-0.1, -0.05) is 19.1 Å². The number of aliphatic hydroxyl groups excluding tert-OH is 1. The second-order valence-corrected chi connectivity index (χ2v) is 6.65. The number of aliphatic hydroxyl groups is 1. The Morgan fingerprint density at radius 1 is 1.42 bits per heavy atom. The number of nitrogens with zero attached hydrogens (tertiary/aromatic N) is 2. The van der Waals surface area contributed by atoms with Crippen LogP contribution in [0.3, 0.4) is 0 Å². The molecule has 5 nitrogen and oxygen atoms in total. The molecule has 0 amide bonds. The maximum Gasteiger partial charge on any atom is 0.194 e. The average molecular weight is 333 g/mol. The van der Waals surface area contributed by atoms with Crippen LogP contribution in [0.2, 0.25) is 0 Å². The van der Waals surface area contributed by atoms with Crippen molar-refractivity contribution < 1.29 is 9.84 Å². The highest BCUT2D eigenvalue weighted by atomic mass is 16.5. The Kier molecular flexibility index (Phi) is 7.37. The van der Waals surface area contributed by atoms with Crippen LogP contribution >= 0.6 is 0 Å². The molecule has 2 rings (SSSR count). The fourth-order valence-corrected chi connectivity index (χ4v) is 2.79. The highest BCUT2D eigenvalue weighted by molar-refractivity contribution is 5.80. The zero-order chi connectivity index (χ0) is 17.4. The molecule has 1 heterocycles. The van der Waals surface area contributed by atoms with E-state index in [0.29, 0.717) is 6.54 Å². The van der Waals surface area contributed by atoms with Crippen molar-refractivity contribution in [1.29, 1.82) is 0 Å². The van der Waals surface area contributed by atoms with Gasteiger partial charge in [-0.3, -0.25) is 4.99 Å². The molecule has 2 N–H and O–H groups in total. The summed E-state index contributed by atoms with van der Waals surface area (Å²) in [5.74, 6) is 2.48. The Morgan fingerprint density at radius 3 is 2.83 bits per heavy atom. The van der Waals surface area contributed by atoms with Crippen LogP contribution in [-0.2, 0) is 0 Å². The first kappa shape index (κ1) is 18.6. The molecule has 0 radical (unpaired) electrons. The van der Waals surface area contributed by atoms with E-state index in [1.807, 2.05) is 31.2 Å². The summed E-state index contributed by atoms with van der Waals surface area (Å²) in [6, 6.07) is 7.85. The van der Waals surface area contributed by atoms with Gasteiger partial charge in [0.1, 0.15) is 18.5 Å². The SMILES string of the molecule is CCNC(=NCC(O)COc1cccc(C)c1)N1CCC(C)CC1. The summed E-state index contributed by atoms with van der Waals surface area (Å²) in [7, 11) is 0. The lowest BCUT2D eigenvalue weighted by molar-refractivity contribution is 0.114. The summed E-state index contributed by atoms with van der Waals surface area (Å²) in [6.45, 7) is 9.89. The maximum atomic E-state index is 10.2. The van der Waals surface area contributed by atoms with E-state index in [2.05, 4.69) is 29.1 Å². The normalized spacial score (nSPS) is 17.7. The molecule has 1 unspecified atom stereocenters. The molecule has 1 aliphatic heterocycles. The van der Waals surface area contributed by atoms with Crippen molar-refractivity contribution in [3.63, 3.8) is 0 Å². The lowest BCUT2D eigenvalue weighted by Gasteiger charge is -2.33. The largest absolute Gasteiger partial charge is 0.491 e. The molecular formula is C19H31N3O2. The van der Waals surface area contributed by atoms with E-state index in [4.69, 9.17) is 4.74 Å². The summed E-state index contributed by atoms with van der Waals surface area (Å²) in [5, 5.41) is 13.5. The summed E-state index contributed by atoms with van der Waals surface area (Å²) < 4.78 is 5.65. The lowest BCUT2D eigenvalue weighted by Crippen LogP contribution is -2.45. The number of guanidine groups is 1. The number of hydrogen-bond acceptors (Lipinski definition) is 3. The summed E-state index contributed by atoms with van der Waals surface area (Å²) in [6.07, 6.45) is 1.79.